The third-order valence-electron chi connectivity index (χ3n) is 2.01. The molecule has 0 saturated carbocycles. The van der Waals surface area contributed by atoms with Gasteiger partial charge < -0.3 is 4.74 Å². The highest BCUT2D eigenvalue weighted by molar-refractivity contribution is 6.17. The average molecular weight is 233 g/mol. The average Bonchev–Trinajstić information content (AvgIpc) is 2.20. The van der Waals surface area contributed by atoms with E-state index in [1.807, 2.05) is 0 Å². The highest BCUT2D eigenvalue weighted by atomic mass is 35.5. The summed E-state index contributed by atoms with van der Waals surface area (Å²) < 4.78 is 4.83. The molecule has 0 radical (unpaired) electrons. The maximum atomic E-state index is 10.4. The summed E-state index contributed by atoms with van der Waals surface area (Å²) in [6.07, 6.45) is 10.9. The lowest BCUT2D eigenvalue weighted by atomic mass is 10.1. The van der Waals surface area contributed by atoms with Crippen LogP contribution in [0.1, 0.15) is 45.4 Å². The first kappa shape index (κ1) is 14.5. The van der Waals surface area contributed by atoms with E-state index in [0.29, 0.717) is 12.5 Å². The summed E-state index contributed by atoms with van der Waals surface area (Å²) >= 11 is 5.53. The fraction of sp³-hybridized carbons (Fsp3) is 0.750. The molecule has 15 heavy (non-hydrogen) atoms. The minimum atomic E-state index is -0.181. The lowest BCUT2D eigenvalue weighted by molar-refractivity contribution is -0.141. The van der Waals surface area contributed by atoms with Crippen molar-refractivity contribution in [3.05, 3.63) is 12.2 Å². The monoisotopic (exact) mass is 232 g/mol. The predicted molar refractivity (Wildman–Crippen MR) is 64.2 cm³/mol. The molecule has 0 saturated heterocycles. The molecular weight excluding hydrogens is 212 g/mol. The maximum absolute atomic E-state index is 10.4. The normalized spacial score (nSPS) is 10.8. The fourth-order valence-electron chi connectivity index (χ4n) is 1.23. The van der Waals surface area contributed by atoms with E-state index in [2.05, 4.69) is 12.2 Å². The Morgan fingerprint density at radius 1 is 1.13 bits per heavy atom. The molecule has 3 heteroatoms. The van der Waals surface area contributed by atoms with Crippen molar-refractivity contribution in [2.75, 3.05) is 12.5 Å². The number of ether oxygens (including phenoxy) is 1. The minimum Gasteiger partial charge on any atom is -0.466 e. The zero-order valence-electron chi connectivity index (χ0n) is 9.51. The summed E-state index contributed by atoms with van der Waals surface area (Å²) in [6, 6.07) is 0. The standard InChI is InChI=1S/C12H21ClO2/c1-12(14)15-11-9-7-5-3-2-4-6-8-10-13/h4,6H,2-3,5,7-11H2,1H3/b6-4+. The van der Waals surface area contributed by atoms with Crippen LogP contribution in [0, 0.1) is 0 Å². The lowest BCUT2D eigenvalue weighted by Crippen LogP contribution is -1.99. The SMILES string of the molecule is CC(=O)OCCCCCC/C=C/CCCl. The first-order valence-electron chi connectivity index (χ1n) is 5.61. The van der Waals surface area contributed by atoms with Crippen molar-refractivity contribution >= 4 is 17.6 Å². The Morgan fingerprint density at radius 3 is 2.47 bits per heavy atom. The van der Waals surface area contributed by atoms with Crippen LogP contribution in [0.5, 0.6) is 0 Å². The molecular formula is C12H21ClO2. The van der Waals surface area contributed by atoms with E-state index >= 15 is 0 Å². The molecule has 2 nitrogen and oxygen atoms in total. The predicted octanol–water partition coefficient (Wildman–Crippen LogP) is 3.69. The Labute approximate surface area is 97.6 Å². The molecule has 0 heterocycles. The summed E-state index contributed by atoms with van der Waals surface area (Å²) in [5.74, 6) is 0.526. The molecule has 0 N–H and O–H groups in total. The number of alkyl halides is 1. The highest BCUT2D eigenvalue weighted by Crippen LogP contribution is 2.04. The molecule has 0 spiro atoms. The molecule has 0 atom stereocenters. The molecule has 0 rings (SSSR count). The molecule has 0 aliphatic carbocycles. The first-order chi connectivity index (χ1) is 7.27. The van der Waals surface area contributed by atoms with Crippen LogP contribution >= 0.6 is 11.6 Å². The topological polar surface area (TPSA) is 26.3 Å². The number of unbranched alkanes of at least 4 members (excludes halogenated alkanes) is 4. The quantitative estimate of drug-likeness (QED) is 0.262. The molecule has 0 amide bonds. The number of carbonyl (C=O) groups is 1. The Kier molecular flexibility index (Phi) is 11.2. The second kappa shape index (κ2) is 11.6. The smallest absolute Gasteiger partial charge is 0.302 e. The third kappa shape index (κ3) is 13.5. The Morgan fingerprint density at radius 2 is 1.80 bits per heavy atom. The maximum Gasteiger partial charge on any atom is 0.302 e. The Balaban J connectivity index is 3.01. The van der Waals surface area contributed by atoms with E-state index in [1.165, 1.54) is 19.8 Å². The van der Waals surface area contributed by atoms with Gasteiger partial charge in [0.1, 0.15) is 0 Å². The summed E-state index contributed by atoms with van der Waals surface area (Å²) in [6.45, 7) is 2.01. The summed E-state index contributed by atoms with van der Waals surface area (Å²) in [5, 5.41) is 0. The largest absolute Gasteiger partial charge is 0.466 e. The van der Waals surface area contributed by atoms with E-state index < -0.39 is 0 Å². The van der Waals surface area contributed by atoms with E-state index in [0.717, 1.165) is 25.7 Å². The Bertz CT molecular complexity index is 178. The van der Waals surface area contributed by atoms with E-state index in [-0.39, 0.29) is 5.97 Å². The van der Waals surface area contributed by atoms with Crippen molar-refractivity contribution in [3.63, 3.8) is 0 Å². The molecule has 0 bridgehead atoms. The van der Waals surface area contributed by atoms with Gasteiger partial charge in [-0.1, -0.05) is 25.0 Å². The van der Waals surface area contributed by atoms with Gasteiger partial charge in [-0.15, -0.1) is 11.6 Å². The van der Waals surface area contributed by atoms with Crippen LogP contribution in [0.4, 0.5) is 0 Å². The molecule has 0 unspecified atom stereocenters. The number of hydrogen-bond donors (Lipinski definition) is 0. The minimum absolute atomic E-state index is 0.181. The summed E-state index contributed by atoms with van der Waals surface area (Å²) in [4.78, 5) is 10.4. The van der Waals surface area contributed by atoms with Crippen molar-refractivity contribution in [2.24, 2.45) is 0 Å². The van der Waals surface area contributed by atoms with Gasteiger partial charge >= 0.3 is 5.97 Å². The van der Waals surface area contributed by atoms with Crippen LogP contribution in [-0.2, 0) is 9.53 Å². The number of hydrogen-bond acceptors (Lipinski definition) is 2. The van der Waals surface area contributed by atoms with Gasteiger partial charge in [0.05, 0.1) is 6.61 Å². The van der Waals surface area contributed by atoms with Crippen LogP contribution in [0.15, 0.2) is 12.2 Å². The van der Waals surface area contributed by atoms with Crippen LogP contribution < -0.4 is 0 Å². The van der Waals surface area contributed by atoms with Gasteiger partial charge in [0, 0.05) is 12.8 Å². The molecule has 0 aliphatic heterocycles. The van der Waals surface area contributed by atoms with Crippen molar-refractivity contribution in [3.8, 4) is 0 Å². The van der Waals surface area contributed by atoms with E-state index in [1.54, 1.807) is 0 Å². The number of rotatable bonds is 9. The number of carbonyl (C=O) groups excluding carboxylic acids is 1. The van der Waals surface area contributed by atoms with Gasteiger partial charge in [-0.25, -0.2) is 0 Å². The van der Waals surface area contributed by atoms with Crippen molar-refractivity contribution in [1.29, 1.82) is 0 Å². The number of esters is 1. The van der Waals surface area contributed by atoms with Crippen molar-refractivity contribution < 1.29 is 9.53 Å². The fourth-order valence-corrected chi connectivity index (χ4v) is 1.36. The molecule has 0 fully saturated rings. The summed E-state index contributed by atoms with van der Waals surface area (Å²) in [7, 11) is 0. The van der Waals surface area contributed by atoms with E-state index in [9.17, 15) is 4.79 Å². The van der Waals surface area contributed by atoms with E-state index in [4.69, 9.17) is 16.3 Å². The molecule has 0 aliphatic rings. The van der Waals surface area contributed by atoms with Crippen molar-refractivity contribution in [2.45, 2.75) is 45.4 Å². The Hall–Kier alpha value is -0.500. The van der Waals surface area contributed by atoms with Gasteiger partial charge in [-0.2, -0.15) is 0 Å². The first-order valence-corrected chi connectivity index (χ1v) is 6.15. The number of allylic oxidation sites excluding steroid dienone is 2. The molecule has 0 aromatic rings. The molecule has 88 valence electrons. The van der Waals surface area contributed by atoms with Gasteiger partial charge in [0.15, 0.2) is 0 Å². The molecule has 0 aromatic carbocycles. The van der Waals surface area contributed by atoms with Crippen molar-refractivity contribution in [1.82, 2.24) is 0 Å². The second-order valence-electron chi connectivity index (χ2n) is 3.49. The highest BCUT2D eigenvalue weighted by Gasteiger charge is 1.92. The van der Waals surface area contributed by atoms with Crippen LogP contribution in [0.3, 0.4) is 0 Å². The van der Waals surface area contributed by atoms with Crippen LogP contribution in [-0.4, -0.2) is 18.5 Å². The number of halogens is 1. The second-order valence-corrected chi connectivity index (χ2v) is 3.87. The van der Waals surface area contributed by atoms with Crippen LogP contribution in [0.2, 0.25) is 0 Å². The van der Waals surface area contributed by atoms with Gasteiger partial charge in [0.25, 0.3) is 0 Å². The zero-order chi connectivity index (χ0) is 11.4. The van der Waals surface area contributed by atoms with Gasteiger partial charge in [0.2, 0.25) is 0 Å². The summed E-state index contributed by atoms with van der Waals surface area (Å²) in [5.41, 5.74) is 0. The van der Waals surface area contributed by atoms with Gasteiger partial charge in [-0.05, 0) is 25.7 Å². The molecule has 0 aromatic heterocycles. The lowest BCUT2D eigenvalue weighted by Gasteiger charge is -2.00. The third-order valence-corrected chi connectivity index (χ3v) is 2.23. The van der Waals surface area contributed by atoms with Gasteiger partial charge in [-0.3, -0.25) is 4.79 Å². The zero-order valence-corrected chi connectivity index (χ0v) is 10.3. The van der Waals surface area contributed by atoms with Crippen LogP contribution in [0.25, 0.3) is 0 Å².